The molecule has 0 saturated heterocycles. The van der Waals surface area contributed by atoms with Crippen molar-refractivity contribution < 1.29 is 9.59 Å². The third-order valence-electron chi connectivity index (χ3n) is 3.91. The Balaban J connectivity index is 2.04. The lowest BCUT2D eigenvalue weighted by molar-refractivity contribution is -0.118. The van der Waals surface area contributed by atoms with Gasteiger partial charge in [-0.2, -0.15) is 0 Å². The molecule has 0 aliphatic heterocycles. The summed E-state index contributed by atoms with van der Waals surface area (Å²) in [5.41, 5.74) is 2.71. The van der Waals surface area contributed by atoms with Crippen LogP contribution in [0.25, 0.3) is 0 Å². The summed E-state index contributed by atoms with van der Waals surface area (Å²) < 4.78 is 0. The third kappa shape index (κ3) is 5.16. The Morgan fingerprint density at radius 2 is 1.64 bits per heavy atom. The van der Waals surface area contributed by atoms with Crippen molar-refractivity contribution in [2.75, 3.05) is 10.6 Å². The fraction of sp³-hybridized carbons (Fsp3) is 0.400. The fourth-order valence-electron chi connectivity index (χ4n) is 2.43. The zero-order chi connectivity index (χ0) is 18.4. The van der Waals surface area contributed by atoms with Gasteiger partial charge in [-0.05, 0) is 48.7 Å². The van der Waals surface area contributed by atoms with E-state index in [2.05, 4.69) is 24.5 Å². The second kappa shape index (κ2) is 8.81. The fourth-order valence-corrected chi connectivity index (χ4v) is 3.68. The van der Waals surface area contributed by atoms with Gasteiger partial charge in [0.25, 0.3) is 5.91 Å². The first-order valence-electron chi connectivity index (χ1n) is 8.78. The molecule has 0 aliphatic carbocycles. The van der Waals surface area contributed by atoms with Crippen LogP contribution in [0.4, 0.5) is 11.4 Å². The second-order valence-electron chi connectivity index (χ2n) is 6.34. The molecule has 0 spiro atoms. The molecule has 0 unspecified atom stereocenters. The molecule has 5 heteroatoms. The largest absolute Gasteiger partial charge is 0.326 e. The number of anilines is 2. The first-order valence-corrected chi connectivity index (χ1v) is 9.60. The van der Waals surface area contributed by atoms with Gasteiger partial charge in [-0.3, -0.25) is 9.59 Å². The molecule has 1 aromatic heterocycles. The minimum absolute atomic E-state index is 0.0223. The normalized spacial score (nSPS) is 10.8. The number of nitrogens with one attached hydrogen (secondary N) is 2. The molecular weight excluding hydrogens is 332 g/mol. The number of thiophene rings is 1. The summed E-state index contributed by atoms with van der Waals surface area (Å²) >= 11 is 1.58. The highest BCUT2D eigenvalue weighted by molar-refractivity contribution is 7.14. The van der Waals surface area contributed by atoms with Crippen LogP contribution in [-0.4, -0.2) is 11.8 Å². The predicted molar refractivity (Wildman–Crippen MR) is 106 cm³/mol. The number of carbonyl (C=O) groups is 2. The van der Waals surface area contributed by atoms with Crippen LogP contribution in [0.15, 0.2) is 30.3 Å². The highest BCUT2D eigenvalue weighted by Crippen LogP contribution is 2.25. The number of amides is 2. The Bertz CT molecular complexity index is 733. The first-order chi connectivity index (χ1) is 11.9. The molecule has 25 heavy (non-hydrogen) atoms. The number of hydrogen-bond donors (Lipinski definition) is 2. The van der Waals surface area contributed by atoms with E-state index in [0.717, 1.165) is 35.5 Å². The lowest BCUT2D eigenvalue weighted by Gasteiger charge is -2.09. The monoisotopic (exact) mass is 358 g/mol. The number of hydrogen-bond acceptors (Lipinski definition) is 3. The zero-order valence-electron chi connectivity index (χ0n) is 15.3. The van der Waals surface area contributed by atoms with E-state index in [1.807, 2.05) is 19.9 Å². The van der Waals surface area contributed by atoms with Gasteiger partial charge >= 0.3 is 0 Å². The van der Waals surface area contributed by atoms with Gasteiger partial charge in [0.1, 0.15) is 0 Å². The topological polar surface area (TPSA) is 58.2 Å². The van der Waals surface area contributed by atoms with Crippen molar-refractivity contribution in [2.45, 2.75) is 47.0 Å². The quantitative estimate of drug-likeness (QED) is 0.722. The van der Waals surface area contributed by atoms with E-state index in [9.17, 15) is 9.59 Å². The molecule has 2 N–H and O–H groups in total. The standard InChI is InChI=1S/C20H26N2O2S/c1-5-7-17-14(6-2)12-18(25-17)20(24)22-16-10-8-15(9-11-16)21-19(23)13(3)4/h8-13H,5-7H2,1-4H3,(H,21,23)(H,22,24). The Hall–Kier alpha value is -2.14. The van der Waals surface area contributed by atoms with E-state index >= 15 is 0 Å². The Labute approximate surface area is 153 Å². The summed E-state index contributed by atoms with van der Waals surface area (Å²) in [4.78, 5) is 26.2. The predicted octanol–water partition coefficient (Wildman–Crippen LogP) is 5.11. The van der Waals surface area contributed by atoms with Crippen LogP contribution in [0.1, 0.15) is 54.2 Å². The van der Waals surface area contributed by atoms with Crippen LogP contribution in [0, 0.1) is 5.92 Å². The smallest absolute Gasteiger partial charge is 0.265 e. The van der Waals surface area contributed by atoms with E-state index in [0.29, 0.717) is 0 Å². The Morgan fingerprint density at radius 1 is 1.04 bits per heavy atom. The average molecular weight is 359 g/mol. The molecule has 0 fully saturated rings. The average Bonchev–Trinajstić information content (AvgIpc) is 3.00. The van der Waals surface area contributed by atoms with Crippen LogP contribution in [-0.2, 0) is 17.6 Å². The Kier molecular flexibility index (Phi) is 6.76. The van der Waals surface area contributed by atoms with Crippen molar-refractivity contribution in [1.82, 2.24) is 0 Å². The number of carbonyl (C=O) groups excluding carboxylic acids is 2. The van der Waals surface area contributed by atoms with Gasteiger partial charge in [-0.1, -0.05) is 34.1 Å². The van der Waals surface area contributed by atoms with Gasteiger partial charge in [-0.15, -0.1) is 11.3 Å². The highest BCUT2D eigenvalue weighted by Gasteiger charge is 2.14. The third-order valence-corrected chi connectivity index (χ3v) is 5.15. The minimum atomic E-state index is -0.0824. The van der Waals surface area contributed by atoms with Crippen LogP contribution in [0.3, 0.4) is 0 Å². The molecule has 2 rings (SSSR count). The summed E-state index contributed by atoms with van der Waals surface area (Å²) in [5, 5.41) is 5.76. The lowest BCUT2D eigenvalue weighted by atomic mass is 10.1. The number of rotatable bonds is 7. The second-order valence-corrected chi connectivity index (χ2v) is 7.47. The number of aryl methyl sites for hydroxylation is 2. The van der Waals surface area contributed by atoms with Crippen molar-refractivity contribution in [3.8, 4) is 0 Å². The summed E-state index contributed by atoms with van der Waals surface area (Å²) in [6.45, 7) is 7.97. The van der Waals surface area contributed by atoms with Gasteiger partial charge in [-0.25, -0.2) is 0 Å². The zero-order valence-corrected chi connectivity index (χ0v) is 16.1. The van der Waals surface area contributed by atoms with Crippen molar-refractivity contribution in [1.29, 1.82) is 0 Å². The van der Waals surface area contributed by atoms with Crippen LogP contribution in [0.2, 0.25) is 0 Å². The maximum Gasteiger partial charge on any atom is 0.265 e. The molecule has 134 valence electrons. The molecule has 1 heterocycles. The highest BCUT2D eigenvalue weighted by atomic mass is 32.1. The maximum absolute atomic E-state index is 12.5. The van der Waals surface area contributed by atoms with Crippen molar-refractivity contribution in [3.63, 3.8) is 0 Å². The lowest BCUT2D eigenvalue weighted by Crippen LogP contribution is -2.17. The van der Waals surface area contributed by atoms with Crippen LogP contribution in [0.5, 0.6) is 0 Å². The number of benzene rings is 1. The SMILES string of the molecule is CCCc1sc(C(=O)Nc2ccc(NC(=O)C(C)C)cc2)cc1CC. The minimum Gasteiger partial charge on any atom is -0.326 e. The van der Waals surface area contributed by atoms with E-state index in [1.165, 1.54) is 10.4 Å². The molecule has 1 aromatic carbocycles. The molecule has 0 aliphatic rings. The molecule has 2 amide bonds. The summed E-state index contributed by atoms with van der Waals surface area (Å²) in [6, 6.07) is 9.20. The Morgan fingerprint density at radius 3 is 2.16 bits per heavy atom. The first kappa shape index (κ1) is 19.2. The molecule has 0 bridgehead atoms. The van der Waals surface area contributed by atoms with Crippen LogP contribution >= 0.6 is 11.3 Å². The van der Waals surface area contributed by atoms with Crippen LogP contribution < -0.4 is 10.6 Å². The van der Waals surface area contributed by atoms with E-state index < -0.39 is 0 Å². The van der Waals surface area contributed by atoms with Gasteiger partial charge in [0.2, 0.25) is 5.91 Å². The molecule has 2 aromatic rings. The molecule has 0 radical (unpaired) electrons. The van der Waals surface area contributed by atoms with Gasteiger partial charge in [0, 0.05) is 22.2 Å². The van der Waals surface area contributed by atoms with Crippen molar-refractivity contribution >= 4 is 34.5 Å². The van der Waals surface area contributed by atoms with Crippen molar-refractivity contribution in [2.24, 2.45) is 5.92 Å². The summed E-state index contributed by atoms with van der Waals surface area (Å²) in [7, 11) is 0. The molecule has 0 atom stereocenters. The van der Waals surface area contributed by atoms with Gasteiger partial charge in [0.05, 0.1) is 4.88 Å². The molecular formula is C20H26N2O2S. The molecule has 0 saturated carbocycles. The maximum atomic E-state index is 12.5. The summed E-state index contributed by atoms with van der Waals surface area (Å²) in [5.74, 6) is -0.171. The van der Waals surface area contributed by atoms with Gasteiger partial charge < -0.3 is 10.6 Å². The van der Waals surface area contributed by atoms with E-state index in [-0.39, 0.29) is 17.7 Å². The van der Waals surface area contributed by atoms with Gasteiger partial charge in [0.15, 0.2) is 0 Å². The van der Waals surface area contributed by atoms with E-state index in [1.54, 1.807) is 35.6 Å². The van der Waals surface area contributed by atoms with E-state index in [4.69, 9.17) is 0 Å². The van der Waals surface area contributed by atoms with Crippen molar-refractivity contribution in [3.05, 3.63) is 45.6 Å². The molecule has 4 nitrogen and oxygen atoms in total. The summed E-state index contributed by atoms with van der Waals surface area (Å²) in [6.07, 6.45) is 3.05.